The van der Waals surface area contributed by atoms with E-state index >= 15 is 0 Å². The minimum atomic E-state index is -0.605. The van der Waals surface area contributed by atoms with Crippen molar-refractivity contribution in [1.29, 1.82) is 0 Å². The zero-order chi connectivity index (χ0) is 31.6. The first-order valence-corrected chi connectivity index (χ1v) is 14.9. The summed E-state index contributed by atoms with van der Waals surface area (Å²) in [5.41, 5.74) is 5.40. The van der Waals surface area contributed by atoms with E-state index in [1.807, 2.05) is 73.8 Å². The molecule has 3 aromatic heterocycles. The van der Waals surface area contributed by atoms with Crippen LogP contribution in [0.4, 0.5) is 0 Å². The van der Waals surface area contributed by atoms with E-state index in [1.165, 1.54) is 0 Å². The molecule has 0 radical (unpaired) electrons. The molecule has 11 nitrogen and oxygen atoms in total. The third kappa shape index (κ3) is 6.41. The minimum Gasteiger partial charge on any atom is -0.393 e. The summed E-state index contributed by atoms with van der Waals surface area (Å²) in [7, 11) is 0. The van der Waals surface area contributed by atoms with Crippen LogP contribution in [0.25, 0.3) is 28.3 Å². The molecule has 0 aliphatic rings. The number of H-pyrrole nitrogens is 1. The van der Waals surface area contributed by atoms with Crippen LogP contribution in [-0.4, -0.2) is 41.1 Å². The number of nitrogens with one attached hydrogen (secondary N) is 1. The Kier molecular flexibility index (Phi) is 8.66. The molecule has 11 heteroatoms. The lowest BCUT2D eigenvalue weighted by molar-refractivity contribution is 0.0830. The van der Waals surface area contributed by atoms with Gasteiger partial charge in [-0.1, -0.05) is 93.0 Å². The van der Waals surface area contributed by atoms with Crippen molar-refractivity contribution in [3.05, 3.63) is 92.1 Å². The maximum absolute atomic E-state index is 14.3. The SMILES string of the molecule is CCCc1c(Cc2ccc(-c3ccccc3-c3noc(=O)[nH]3)cc2)c(=O)n(C/C(=N/OC(C)C)C(C)(C)C)c2nc(C)nn12. The Balaban J connectivity index is 1.57. The van der Waals surface area contributed by atoms with Crippen LogP contribution >= 0.6 is 0 Å². The summed E-state index contributed by atoms with van der Waals surface area (Å²) in [5, 5.41) is 13.0. The molecule has 2 aromatic carbocycles. The highest BCUT2D eigenvalue weighted by Crippen LogP contribution is 2.30. The molecule has 0 aliphatic heterocycles. The molecule has 3 heterocycles. The van der Waals surface area contributed by atoms with Gasteiger partial charge in [0.15, 0.2) is 5.82 Å². The molecular weight excluding hydrogens is 558 g/mol. The van der Waals surface area contributed by atoms with E-state index in [2.05, 4.69) is 48.0 Å². The fourth-order valence-corrected chi connectivity index (χ4v) is 5.09. The molecule has 0 fully saturated rings. The first-order valence-electron chi connectivity index (χ1n) is 14.9. The van der Waals surface area contributed by atoms with Gasteiger partial charge >= 0.3 is 5.76 Å². The first kappa shape index (κ1) is 30.7. The number of hydrogen-bond donors (Lipinski definition) is 1. The summed E-state index contributed by atoms with van der Waals surface area (Å²) in [6.07, 6.45) is 1.87. The van der Waals surface area contributed by atoms with Gasteiger partial charge in [0.25, 0.3) is 5.56 Å². The Hall–Kier alpha value is -4.80. The van der Waals surface area contributed by atoms with Crippen molar-refractivity contribution in [2.45, 2.75) is 80.4 Å². The maximum atomic E-state index is 14.3. The molecule has 0 aliphatic carbocycles. The van der Waals surface area contributed by atoms with Gasteiger partial charge in [-0.2, -0.15) is 10.1 Å². The van der Waals surface area contributed by atoms with E-state index in [9.17, 15) is 9.59 Å². The quantitative estimate of drug-likeness (QED) is 0.164. The monoisotopic (exact) mass is 597 g/mol. The predicted octanol–water partition coefficient (Wildman–Crippen LogP) is 5.58. The van der Waals surface area contributed by atoms with Gasteiger partial charge in [-0.3, -0.25) is 18.9 Å². The summed E-state index contributed by atoms with van der Waals surface area (Å²) in [5.74, 6) is 0.857. The van der Waals surface area contributed by atoms with Gasteiger partial charge in [-0.25, -0.2) is 9.31 Å². The van der Waals surface area contributed by atoms with Crippen LogP contribution in [0.5, 0.6) is 0 Å². The molecule has 230 valence electrons. The number of aromatic amines is 1. The average molecular weight is 598 g/mol. The highest BCUT2D eigenvalue weighted by molar-refractivity contribution is 5.89. The normalized spacial score (nSPS) is 12.4. The van der Waals surface area contributed by atoms with E-state index in [-0.39, 0.29) is 23.6 Å². The summed E-state index contributed by atoms with van der Waals surface area (Å²) in [6, 6.07) is 15.7. The summed E-state index contributed by atoms with van der Waals surface area (Å²) < 4.78 is 8.22. The third-order valence-electron chi connectivity index (χ3n) is 7.35. The van der Waals surface area contributed by atoms with Crippen molar-refractivity contribution < 1.29 is 9.36 Å². The van der Waals surface area contributed by atoms with Gasteiger partial charge in [-0.15, -0.1) is 0 Å². The molecular formula is C33H39N7O4. The highest BCUT2D eigenvalue weighted by Gasteiger charge is 2.26. The molecule has 0 bridgehead atoms. The number of fused-ring (bicyclic) bond motifs is 1. The predicted molar refractivity (Wildman–Crippen MR) is 170 cm³/mol. The van der Waals surface area contributed by atoms with E-state index < -0.39 is 5.76 Å². The van der Waals surface area contributed by atoms with Crippen molar-refractivity contribution >= 4 is 11.5 Å². The molecule has 0 amide bonds. The first-order chi connectivity index (χ1) is 21.0. The molecule has 0 unspecified atom stereocenters. The Morgan fingerprint density at radius 3 is 2.39 bits per heavy atom. The van der Waals surface area contributed by atoms with E-state index in [1.54, 1.807) is 4.57 Å². The number of oxime groups is 1. The van der Waals surface area contributed by atoms with Crippen molar-refractivity contribution in [1.82, 2.24) is 29.3 Å². The Labute approximate surface area is 255 Å². The van der Waals surface area contributed by atoms with Crippen molar-refractivity contribution in [3.8, 4) is 22.5 Å². The van der Waals surface area contributed by atoms with Crippen molar-refractivity contribution in [2.75, 3.05) is 0 Å². The summed E-state index contributed by atoms with van der Waals surface area (Å²) in [6.45, 7) is 14.2. The fourth-order valence-electron chi connectivity index (χ4n) is 5.09. The van der Waals surface area contributed by atoms with Gasteiger partial charge < -0.3 is 4.84 Å². The largest absolute Gasteiger partial charge is 0.439 e. The maximum Gasteiger partial charge on any atom is 0.439 e. The van der Waals surface area contributed by atoms with Crippen LogP contribution in [0.2, 0.25) is 0 Å². The number of aromatic nitrogens is 6. The lowest BCUT2D eigenvalue weighted by atomic mass is 9.90. The summed E-state index contributed by atoms with van der Waals surface area (Å²) in [4.78, 5) is 38.8. The number of hydrogen-bond acceptors (Lipinski definition) is 8. The van der Waals surface area contributed by atoms with Crippen LogP contribution in [0.1, 0.15) is 70.6 Å². The highest BCUT2D eigenvalue weighted by atomic mass is 16.6. The van der Waals surface area contributed by atoms with Crippen LogP contribution in [0.15, 0.2) is 67.8 Å². The number of aryl methyl sites for hydroxylation is 2. The second kappa shape index (κ2) is 12.4. The molecule has 5 aromatic rings. The topological polar surface area (TPSA) is 133 Å². The molecule has 0 atom stereocenters. The van der Waals surface area contributed by atoms with Gasteiger partial charge in [0.1, 0.15) is 11.9 Å². The summed E-state index contributed by atoms with van der Waals surface area (Å²) >= 11 is 0. The number of rotatable bonds is 10. The van der Waals surface area contributed by atoms with Crippen LogP contribution < -0.4 is 11.3 Å². The fraction of sp³-hybridized carbons (Fsp3) is 0.394. The molecule has 1 N–H and O–H groups in total. The van der Waals surface area contributed by atoms with Gasteiger partial charge in [0.2, 0.25) is 5.78 Å². The Bertz CT molecular complexity index is 1920. The molecule has 44 heavy (non-hydrogen) atoms. The van der Waals surface area contributed by atoms with Gasteiger partial charge in [0.05, 0.1) is 18.0 Å². The molecule has 5 rings (SSSR count). The van der Waals surface area contributed by atoms with E-state index in [0.717, 1.165) is 40.1 Å². The molecule has 0 saturated heterocycles. The standard InChI is InChI=1S/C33H39N7O4/c1-8-11-27-26(18-22-14-16-23(17-15-22)24-12-9-10-13-25(24)29-35-32(42)44-38-29)30(41)39(31-34-21(4)36-40(27)31)19-28(33(5,6)7)37-43-20(2)3/h9-10,12-17,20H,8,11,18-19H2,1-7H3,(H,35,38,42)/b37-28-. The smallest absolute Gasteiger partial charge is 0.393 e. The number of benzene rings is 2. The average Bonchev–Trinajstić information content (AvgIpc) is 3.59. The lowest BCUT2D eigenvalue weighted by Crippen LogP contribution is -2.35. The minimum absolute atomic E-state index is 0.0879. The van der Waals surface area contributed by atoms with Crippen LogP contribution in [0.3, 0.4) is 0 Å². The Morgan fingerprint density at radius 1 is 1.07 bits per heavy atom. The second-order valence-electron chi connectivity index (χ2n) is 12.2. The van der Waals surface area contributed by atoms with E-state index in [4.69, 9.17) is 14.5 Å². The van der Waals surface area contributed by atoms with Crippen molar-refractivity contribution in [3.63, 3.8) is 0 Å². The molecule has 0 spiro atoms. The third-order valence-corrected chi connectivity index (χ3v) is 7.35. The van der Waals surface area contributed by atoms with Gasteiger partial charge in [-0.05, 0) is 43.9 Å². The van der Waals surface area contributed by atoms with Crippen molar-refractivity contribution in [2.24, 2.45) is 10.6 Å². The number of nitrogens with zero attached hydrogens (tertiary/aromatic N) is 6. The van der Waals surface area contributed by atoms with Crippen LogP contribution in [-0.2, 0) is 24.2 Å². The zero-order valence-electron chi connectivity index (χ0n) is 26.3. The van der Waals surface area contributed by atoms with E-state index in [0.29, 0.717) is 35.8 Å². The lowest BCUT2D eigenvalue weighted by Gasteiger charge is -2.23. The van der Waals surface area contributed by atoms with Crippen LogP contribution in [0, 0.1) is 12.3 Å². The van der Waals surface area contributed by atoms with Gasteiger partial charge in [0, 0.05) is 23.0 Å². The zero-order valence-corrected chi connectivity index (χ0v) is 26.3. The Morgan fingerprint density at radius 2 is 1.77 bits per heavy atom. The molecule has 0 saturated carbocycles. The second-order valence-corrected chi connectivity index (χ2v) is 12.2.